The lowest BCUT2D eigenvalue weighted by Crippen LogP contribution is -2.53. The normalized spacial score (nSPS) is 18.3. The van der Waals surface area contributed by atoms with Gasteiger partial charge in [0.2, 0.25) is 0 Å². The standard InChI is InChI=1S/C48H90O4/c1-3-5-7-9-11-13-15-17-19-21-23-25-27-29-31-35-42-51-46(49)48(41-37-39-44-38-33-34-40-45(44)48)47(50)52-43-36-32-30-28-26-24-22-20-18-16-14-12-10-8-6-4-2/h44-45H,3-43H2,1-2H3. The summed E-state index contributed by atoms with van der Waals surface area (Å²) in [6.07, 6.45) is 49.7. The van der Waals surface area contributed by atoms with Gasteiger partial charge < -0.3 is 9.47 Å². The third-order valence-corrected chi connectivity index (χ3v) is 12.9. The van der Waals surface area contributed by atoms with Crippen LogP contribution in [0, 0.1) is 17.3 Å². The second-order valence-corrected chi connectivity index (χ2v) is 17.4. The Morgan fingerprint density at radius 3 is 1.04 bits per heavy atom. The van der Waals surface area contributed by atoms with E-state index in [1.165, 1.54) is 186 Å². The highest BCUT2D eigenvalue weighted by atomic mass is 16.6. The molecule has 2 rings (SSSR count). The highest BCUT2D eigenvalue weighted by Crippen LogP contribution is 2.52. The topological polar surface area (TPSA) is 52.6 Å². The molecule has 0 aliphatic heterocycles. The summed E-state index contributed by atoms with van der Waals surface area (Å²) in [5.74, 6) is 0.0457. The van der Waals surface area contributed by atoms with Gasteiger partial charge in [-0.3, -0.25) is 9.59 Å². The maximum atomic E-state index is 13.8. The molecule has 2 saturated carbocycles. The van der Waals surface area contributed by atoms with Crippen LogP contribution in [0.2, 0.25) is 0 Å². The van der Waals surface area contributed by atoms with Crippen LogP contribution in [0.15, 0.2) is 0 Å². The van der Waals surface area contributed by atoms with Crippen molar-refractivity contribution in [1.82, 2.24) is 0 Å². The Labute approximate surface area is 324 Å². The largest absolute Gasteiger partial charge is 0.465 e. The SMILES string of the molecule is CCCCCCCCCCCCCCCCCCOC(=O)C1(C(=O)OCCCCCCCCCCCCCCCCCC)CCCC2CCCCC21. The van der Waals surface area contributed by atoms with Gasteiger partial charge in [-0.25, -0.2) is 0 Å². The van der Waals surface area contributed by atoms with Crippen molar-refractivity contribution in [3.05, 3.63) is 0 Å². The zero-order valence-corrected chi connectivity index (χ0v) is 35.3. The van der Waals surface area contributed by atoms with Gasteiger partial charge in [0.1, 0.15) is 0 Å². The summed E-state index contributed by atoms with van der Waals surface area (Å²) in [6, 6.07) is 0. The summed E-state index contributed by atoms with van der Waals surface area (Å²) in [7, 11) is 0. The molecule has 0 radical (unpaired) electrons. The number of hydrogen-bond acceptors (Lipinski definition) is 4. The number of rotatable bonds is 36. The molecule has 0 aromatic rings. The van der Waals surface area contributed by atoms with Crippen LogP contribution in [0.4, 0.5) is 0 Å². The Kier molecular flexibility index (Phi) is 30.2. The molecule has 0 spiro atoms. The molecule has 4 heteroatoms. The number of ether oxygens (including phenoxy) is 2. The van der Waals surface area contributed by atoms with Crippen LogP contribution in [0.5, 0.6) is 0 Å². The van der Waals surface area contributed by atoms with Crippen molar-refractivity contribution >= 4 is 11.9 Å². The molecule has 4 nitrogen and oxygen atoms in total. The van der Waals surface area contributed by atoms with Crippen LogP contribution in [0.25, 0.3) is 0 Å². The van der Waals surface area contributed by atoms with Crippen LogP contribution < -0.4 is 0 Å². The first-order valence-corrected chi connectivity index (χ1v) is 24.0. The van der Waals surface area contributed by atoms with E-state index in [0.717, 1.165) is 57.8 Å². The van der Waals surface area contributed by atoms with E-state index in [1.807, 2.05) is 0 Å². The summed E-state index contributed by atoms with van der Waals surface area (Å²) < 4.78 is 11.9. The van der Waals surface area contributed by atoms with Crippen molar-refractivity contribution in [1.29, 1.82) is 0 Å². The fourth-order valence-electron chi connectivity index (χ4n) is 9.51. The van der Waals surface area contributed by atoms with Gasteiger partial charge in [-0.1, -0.05) is 239 Å². The molecule has 2 fully saturated rings. The third-order valence-electron chi connectivity index (χ3n) is 12.9. The van der Waals surface area contributed by atoms with Crippen LogP contribution in [0.3, 0.4) is 0 Å². The summed E-state index contributed by atoms with van der Waals surface area (Å²) in [6.45, 7) is 5.47. The monoisotopic (exact) mass is 731 g/mol. The molecule has 2 atom stereocenters. The second kappa shape index (κ2) is 33.3. The Morgan fingerprint density at radius 2 is 0.692 bits per heavy atom. The van der Waals surface area contributed by atoms with Crippen molar-refractivity contribution in [2.24, 2.45) is 17.3 Å². The Balaban J connectivity index is 1.55. The van der Waals surface area contributed by atoms with Crippen LogP contribution >= 0.6 is 0 Å². The Hall–Kier alpha value is -1.06. The smallest absolute Gasteiger partial charge is 0.323 e. The van der Waals surface area contributed by atoms with E-state index in [0.29, 0.717) is 25.6 Å². The van der Waals surface area contributed by atoms with E-state index in [-0.39, 0.29) is 17.9 Å². The van der Waals surface area contributed by atoms with Gasteiger partial charge in [0.05, 0.1) is 13.2 Å². The molecule has 2 aliphatic rings. The molecule has 2 aliphatic carbocycles. The lowest BCUT2D eigenvalue weighted by molar-refractivity contribution is -0.184. The number of esters is 2. The van der Waals surface area contributed by atoms with Crippen molar-refractivity contribution < 1.29 is 19.1 Å². The molecule has 0 saturated heterocycles. The van der Waals surface area contributed by atoms with Crippen molar-refractivity contribution in [2.45, 2.75) is 264 Å². The van der Waals surface area contributed by atoms with Crippen molar-refractivity contribution in [2.75, 3.05) is 13.2 Å². The Morgan fingerprint density at radius 1 is 0.404 bits per heavy atom. The molecule has 0 heterocycles. The van der Waals surface area contributed by atoms with Crippen molar-refractivity contribution in [3.63, 3.8) is 0 Å². The minimum Gasteiger partial charge on any atom is -0.465 e. The van der Waals surface area contributed by atoms with Crippen LogP contribution in [-0.4, -0.2) is 25.2 Å². The van der Waals surface area contributed by atoms with E-state index in [1.54, 1.807) is 0 Å². The van der Waals surface area contributed by atoms with Crippen LogP contribution in [-0.2, 0) is 19.1 Å². The minimum atomic E-state index is -1.06. The van der Waals surface area contributed by atoms with E-state index >= 15 is 0 Å². The first kappa shape index (κ1) is 47.1. The van der Waals surface area contributed by atoms with Gasteiger partial charge in [0, 0.05) is 0 Å². The van der Waals surface area contributed by atoms with Gasteiger partial charge in [0.15, 0.2) is 5.41 Å². The lowest BCUT2D eigenvalue weighted by Gasteiger charge is -2.46. The molecule has 0 aromatic heterocycles. The maximum Gasteiger partial charge on any atom is 0.323 e. The number of hydrogen-bond donors (Lipinski definition) is 0. The highest BCUT2D eigenvalue weighted by molar-refractivity contribution is 6.00. The molecule has 0 N–H and O–H groups in total. The summed E-state index contributed by atoms with van der Waals surface area (Å²) >= 11 is 0. The second-order valence-electron chi connectivity index (χ2n) is 17.4. The molecule has 306 valence electrons. The first-order valence-electron chi connectivity index (χ1n) is 24.0. The molecule has 2 unspecified atom stereocenters. The van der Waals surface area contributed by atoms with Gasteiger partial charge in [0.25, 0.3) is 0 Å². The summed E-state index contributed by atoms with van der Waals surface area (Å²) in [4.78, 5) is 27.7. The number of carbonyl (C=O) groups excluding carboxylic acids is 2. The third kappa shape index (κ3) is 21.1. The van der Waals surface area contributed by atoms with E-state index < -0.39 is 5.41 Å². The number of carbonyl (C=O) groups is 2. The van der Waals surface area contributed by atoms with E-state index in [2.05, 4.69) is 13.8 Å². The minimum absolute atomic E-state index is 0.103. The molecule has 52 heavy (non-hydrogen) atoms. The first-order chi connectivity index (χ1) is 25.7. The predicted molar refractivity (Wildman–Crippen MR) is 223 cm³/mol. The molecule has 0 amide bonds. The molecule has 0 aromatic carbocycles. The highest BCUT2D eigenvalue weighted by Gasteiger charge is 2.58. The quantitative estimate of drug-likeness (QED) is 0.0366. The van der Waals surface area contributed by atoms with Gasteiger partial charge in [-0.15, -0.1) is 0 Å². The molecular formula is C48H90O4. The maximum absolute atomic E-state index is 13.8. The van der Waals surface area contributed by atoms with E-state index in [9.17, 15) is 9.59 Å². The Bertz CT molecular complexity index is 771. The zero-order chi connectivity index (χ0) is 37.2. The zero-order valence-electron chi connectivity index (χ0n) is 35.3. The molecular weight excluding hydrogens is 641 g/mol. The van der Waals surface area contributed by atoms with Gasteiger partial charge in [-0.2, -0.15) is 0 Å². The number of fused-ring (bicyclic) bond motifs is 1. The fourth-order valence-corrected chi connectivity index (χ4v) is 9.51. The van der Waals surface area contributed by atoms with Crippen molar-refractivity contribution in [3.8, 4) is 0 Å². The average Bonchev–Trinajstić information content (AvgIpc) is 3.16. The lowest BCUT2D eigenvalue weighted by atomic mass is 9.57. The predicted octanol–water partition coefficient (Wildman–Crippen LogP) is 15.6. The van der Waals surface area contributed by atoms with Gasteiger partial charge in [-0.05, 0) is 37.5 Å². The van der Waals surface area contributed by atoms with E-state index in [4.69, 9.17) is 9.47 Å². The van der Waals surface area contributed by atoms with Crippen LogP contribution in [0.1, 0.15) is 264 Å². The summed E-state index contributed by atoms with van der Waals surface area (Å²) in [5, 5.41) is 0. The average molecular weight is 731 g/mol. The van der Waals surface area contributed by atoms with Gasteiger partial charge >= 0.3 is 11.9 Å². The fraction of sp³-hybridized carbons (Fsp3) is 0.958. The molecule has 0 bridgehead atoms. The number of unbranched alkanes of at least 4 members (excludes halogenated alkanes) is 30. The summed E-state index contributed by atoms with van der Waals surface area (Å²) in [5.41, 5.74) is -1.06.